The van der Waals surface area contributed by atoms with Crippen molar-refractivity contribution in [3.63, 3.8) is 0 Å². The molecule has 2 amide bonds. The number of para-hydroxylation sites is 2. The van der Waals surface area contributed by atoms with E-state index >= 15 is 0 Å². The first-order chi connectivity index (χ1) is 15.0. The van der Waals surface area contributed by atoms with Crippen LogP contribution in [0, 0.1) is 0 Å². The molecule has 1 aromatic heterocycles. The zero-order valence-corrected chi connectivity index (χ0v) is 17.4. The van der Waals surface area contributed by atoms with E-state index < -0.39 is 11.9 Å². The molecule has 0 fully saturated rings. The average Bonchev–Trinajstić information content (AvgIpc) is 3.21. The van der Waals surface area contributed by atoms with Crippen molar-refractivity contribution in [2.75, 3.05) is 25.2 Å². The maximum absolute atomic E-state index is 12.7. The second-order valence-corrected chi connectivity index (χ2v) is 6.80. The molecule has 31 heavy (non-hydrogen) atoms. The standard InChI is InChI=1S/C20H19N5O3.C2H6O/c1-25-15-9-5-6-10-16(15)28-12-14(20(25)27)21-19(26)18-22-17(23-24-18)11-13-7-3-2-4-8-13;1-2-3/h2-10,14H,11-12H2,1H3,(H,21,26)(H,22,23,24);3H,2H2,1H3/t14-;/m0./s1. The number of aromatic amines is 1. The number of ether oxygens (including phenoxy) is 1. The third-order valence-electron chi connectivity index (χ3n) is 4.53. The number of benzene rings is 2. The number of anilines is 1. The average molecular weight is 423 g/mol. The molecule has 162 valence electrons. The highest BCUT2D eigenvalue weighted by atomic mass is 16.5. The minimum Gasteiger partial charge on any atom is -0.489 e. The van der Waals surface area contributed by atoms with Crippen LogP contribution in [0.4, 0.5) is 5.69 Å². The Balaban J connectivity index is 0.000000858. The van der Waals surface area contributed by atoms with Gasteiger partial charge in [0.2, 0.25) is 5.82 Å². The Morgan fingerprint density at radius 2 is 1.87 bits per heavy atom. The highest BCUT2D eigenvalue weighted by molar-refractivity contribution is 6.02. The van der Waals surface area contributed by atoms with Gasteiger partial charge in [0, 0.05) is 20.1 Å². The maximum Gasteiger partial charge on any atom is 0.289 e. The number of aliphatic hydroxyl groups is 1. The Morgan fingerprint density at radius 1 is 1.19 bits per heavy atom. The number of nitrogens with zero attached hydrogens (tertiary/aromatic N) is 3. The lowest BCUT2D eigenvalue weighted by molar-refractivity contribution is -0.120. The molecule has 0 saturated carbocycles. The van der Waals surface area contributed by atoms with Gasteiger partial charge in [-0.05, 0) is 24.6 Å². The minimum absolute atomic E-state index is 0.0386. The summed E-state index contributed by atoms with van der Waals surface area (Å²) in [5.74, 6) is 0.461. The van der Waals surface area contributed by atoms with Gasteiger partial charge >= 0.3 is 0 Å². The molecule has 0 bridgehead atoms. The van der Waals surface area contributed by atoms with Crippen LogP contribution in [-0.4, -0.2) is 58.4 Å². The number of aromatic nitrogens is 3. The fourth-order valence-corrected chi connectivity index (χ4v) is 3.05. The van der Waals surface area contributed by atoms with Crippen LogP contribution in [0.1, 0.15) is 28.9 Å². The molecular weight excluding hydrogens is 398 g/mol. The smallest absolute Gasteiger partial charge is 0.289 e. The number of rotatable bonds is 4. The van der Waals surface area contributed by atoms with E-state index in [0.717, 1.165) is 5.56 Å². The maximum atomic E-state index is 12.7. The molecule has 3 aromatic rings. The van der Waals surface area contributed by atoms with Crippen molar-refractivity contribution in [3.05, 3.63) is 71.8 Å². The van der Waals surface area contributed by atoms with Crippen molar-refractivity contribution in [2.45, 2.75) is 19.4 Å². The Bertz CT molecular complexity index is 1020. The summed E-state index contributed by atoms with van der Waals surface area (Å²) in [6.07, 6.45) is 0.532. The molecule has 2 heterocycles. The first-order valence-corrected chi connectivity index (χ1v) is 9.90. The SMILES string of the molecule is CCO.CN1C(=O)[C@@H](NC(=O)c2nnc(Cc3ccccc3)[nH]2)COc2ccccc21. The van der Waals surface area contributed by atoms with Gasteiger partial charge in [-0.2, -0.15) is 0 Å². The largest absolute Gasteiger partial charge is 0.489 e. The fourth-order valence-electron chi connectivity index (χ4n) is 3.05. The Hall–Kier alpha value is -3.72. The van der Waals surface area contributed by atoms with E-state index in [0.29, 0.717) is 23.7 Å². The van der Waals surface area contributed by atoms with E-state index in [2.05, 4.69) is 20.5 Å². The Labute approximate surface area is 180 Å². The molecule has 9 heteroatoms. The first-order valence-electron chi connectivity index (χ1n) is 9.90. The van der Waals surface area contributed by atoms with Crippen molar-refractivity contribution in [1.29, 1.82) is 0 Å². The van der Waals surface area contributed by atoms with Gasteiger partial charge in [0.1, 0.15) is 24.2 Å². The molecule has 0 spiro atoms. The molecule has 0 saturated heterocycles. The van der Waals surface area contributed by atoms with Gasteiger partial charge in [-0.15, -0.1) is 10.2 Å². The van der Waals surface area contributed by atoms with Crippen LogP contribution in [0.25, 0.3) is 0 Å². The van der Waals surface area contributed by atoms with Crippen LogP contribution in [0.3, 0.4) is 0 Å². The van der Waals surface area contributed by atoms with Gasteiger partial charge in [-0.1, -0.05) is 42.5 Å². The van der Waals surface area contributed by atoms with E-state index in [1.807, 2.05) is 42.5 Å². The van der Waals surface area contributed by atoms with Crippen molar-refractivity contribution in [1.82, 2.24) is 20.5 Å². The number of H-pyrrole nitrogens is 1. The third-order valence-corrected chi connectivity index (χ3v) is 4.53. The number of hydrogen-bond acceptors (Lipinski definition) is 6. The first kappa shape index (κ1) is 22.0. The summed E-state index contributed by atoms with van der Waals surface area (Å²) in [7, 11) is 1.65. The summed E-state index contributed by atoms with van der Waals surface area (Å²) in [6, 6.07) is 16.2. The molecule has 2 aromatic carbocycles. The summed E-state index contributed by atoms with van der Waals surface area (Å²) >= 11 is 0. The predicted molar refractivity (Wildman–Crippen MR) is 115 cm³/mol. The Kier molecular flexibility index (Phi) is 7.34. The van der Waals surface area contributed by atoms with E-state index in [1.165, 1.54) is 4.90 Å². The number of likely N-dealkylation sites (N-methyl/N-ethyl adjacent to an activating group) is 1. The van der Waals surface area contributed by atoms with Crippen molar-refractivity contribution < 1.29 is 19.4 Å². The van der Waals surface area contributed by atoms with Crippen molar-refractivity contribution in [2.24, 2.45) is 0 Å². The quantitative estimate of drug-likeness (QED) is 0.586. The summed E-state index contributed by atoms with van der Waals surface area (Å²) in [6.45, 7) is 1.97. The summed E-state index contributed by atoms with van der Waals surface area (Å²) < 4.78 is 5.70. The lowest BCUT2D eigenvalue weighted by Gasteiger charge is -2.19. The fraction of sp³-hybridized carbons (Fsp3) is 0.273. The van der Waals surface area contributed by atoms with E-state index in [1.54, 1.807) is 26.1 Å². The van der Waals surface area contributed by atoms with E-state index in [-0.39, 0.29) is 24.9 Å². The van der Waals surface area contributed by atoms with E-state index in [4.69, 9.17) is 9.84 Å². The number of aliphatic hydroxyl groups excluding tert-OH is 1. The van der Waals surface area contributed by atoms with Crippen LogP contribution in [0.2, 0.25) is 0 Å². The molecule has 1 aliphatic rings. The number of carbonyl (C=O) groups is 2. The molecule has 3 N–H and O–H groups in total. The monoisotopic (exact) mass is 423 g/mol. The summed E-state index contributed by atoms with van der Waals surface area (Å²) in [5.41, 5.74) is 1.71. The van der Waals surface area contributed by atoms with Gasteiger partial charge in [0.05, 0.1) is 5.69 Å². The van der Waals surface area contributed by atoms with E-state index in [9.17, 15) is 9.59 Å². The van der Waals surface area contributed by atoms with Gasteiger partial charge in [0.15, 0.2) is 0 Å². The number of nitrogens with one attached hydrogen (secondary N) is 2. The van der Waals surface area contributed by atoms with Gasteiger partial charge in [-0.3, -0.25) is 9.59 Å². The lowest BCUT2D eigenvalue weighted by Crippen LogP contribution is -2.49. The summed E-state index contributed by atoms with van der Waals surface area (Å²) in [4.78, 5) is 29.6. The van der Waals surface area contributed by atoms with Crippen LogP contribution < -0.4 is 15.0 Å². The molecule has 0 aliphatic carbocycles. The highest BCUT2D eigenvalue weighted by Gasteiger charge is 2.31. The normalized spacial score (nSPS) is 15.1. The molecule has 1 atom stereocenters. The second kappa shape index (κ2) is 10.4. The van der Waals surface area contributed by atoms with Gasteiger partial charge in [0.25, 0.3) is 11.8 Å². The van der Waals surface area contributed by atoms with Crippen molar-refractivity contribution >= 4 is 17.5 Å². The van der Waals surface area contributed by atoms with Crippen molar-refractivity contribution in [3.8, 4) is 5.75 Å². The molecule has 0 radical (unpaired) electrons. The Morgan fingerprint density at radius 3 is 2.61 bits per heavy atom. The van der Waals surface area contributed by atoms with Crippen LogP contribution in [0.15, 0.2) is 54.6 Å². The number of hydrogen-bond donors (Lipinski definition) is 3. The van der Waals surface area contributed by atoms with Crippen LogP contribution in [-0.2, 0) is 11.2 Å². The number of fused-ring (bicyclic) bond motifs is 1. The zero-order chi connectivity index (χ0) is 22.2. The molecule has 9 nitrogen and oxygen atoms in total. The lowest BCUT2D eigenvalue weighted by atomic mass is 10.1. The van der Waals surface area contributed by atoms with Crippen LogP contribution >= 0.6 is 0 Å². The van der Waals surface area contributed by atoms with Gasteiger partial charge < -0.3 is 25.0 Å². The highest BCUT2D eigenvalue weighted by Crippen LogP contribution is 2.29. The topological polar surface area (TPSA) is 120 Å². The molecular formula is C22H25N5O4. The van der Waals surface area contributed by atoms with Crippen LogP contribution in [0.5, 0.6) is 5.75 Å². The minimum atomic E-state index is -0.826. The zero-order valence-electron chi connectivity index (χ0n) is 17.4. The number of amides is 2. The number of carbonyl (C=O) groups excluding carboxylic acids is 2. The van der Waals surface area contributed by atoms with Gasteiger partial charge in [-0.25, -0.2) is 0 Å². The third kappa shape index (κ3) is 5.46. The molecule has 4 rings (SSSR count). The predicted octanol–water partition coefficient (Wildman–Crippen LogP) is 1.55. The summed E-state index contributed by atoms with van der Waals surface area (Å²) in [5, 5.41) is 18.2. The molecule has 1 aliphatic heterocycles. The molecule has 0 unspecified atom stereocenters. The second-order valence-electron chi connectivity index (χ2n) is 6.80.